The molecule has 1 heterocycles. The molecule has 0 aliphatic heterocycles. The molecule has 1 nitrogen and oxygen atoms in total. The molecule has 0 spiro atoms. The topological polar surface area (TPSA) is 4.93 Å². The largest absolute Gasteiger partial charge is 0.308 e. The van der Waals surface area contributed by atoms with Crippen LogP contribution in [-0.2, 0) is 5.41 Å². The third-order valence-corrected chi connectivity index (χ3v) is 7.97. The summed E-state index contributed by atoms with van der Waals surface area (Å²) in [5.41, 5.74) is 11.3. The van der Waals surface area contributed by atoms with Crippen LogP contribution in [0.2, 0.25) is 5.02 Å². The van der Waals surface area contributed by atoms with Crippen molar-refractivity contribution in [3.63, 3.8) is 0 Å². The summed E-state index contributed by atoms with van der Waals surface area (Å²) in [6.45, 7) is 4.67. The van der Waals surface area contributed by atoms with Gasteiger partial charge in [-0.05, 0) is 69.8 Å². The quantitative estimate of drug-likeness (QED) is 0.238. The van der Waals surface area contributed by atoms with Crippen molar-refractivity contribution < 1.29 is 0 Å². The lowest BCUT2D eigenvalue weighted by atomic mass is 9.81. The lowest BCUT2D eigenvalue weighted by molar-refractivity contribution is 0.660. The van der Waals surface area contributed by atoms with Crippen LogP contribution in [0.3, 0.4) is 0 Å². The molecule has 5 aromatic carbocycles. The standard InChI is InChI=1S/C33H24ClN/c1-33(2)28-13-7-6-11-24(28)25-17-15-22(20-29(25)33)21-16-18-31-27(19-21)26-12-8-14-30(34)32(26)35(31)23-9-4-3-5-10-23/h3-20H,1-2H3. The molecule has 0 bridgehead atoms. The van der Waals surface area contributed by atoms with Gasteiger partial charge in [0.25, 0.3) is 0 Å². The van der Waals surface area contributed by atoms with Crippen molar-refractivity contribution in [3.8, 4) is 27.9 Å². The maximum absolute atomic E-state index is 6.76. The molecule has 0 unspecified atom stereocenters. The minimum atomic E-state index is -0.0110. The highest BCUT2D eigenvalue weighted by Crippen LogP contribution is 2.49. The van der Waals surface area contributed by atoms with E-state index in [1.807, 2.05) is 18.2 Å². The molecule has 1 aliphatic carbocycles. The fourth-order valence-electron chi connectivity index (χ4n) is 5.94. The second-order valence-electron chi connectivity index (χ2n) is 9.97. The van der Waals surface area contributed by atoms with Gasteiger partial charge in [0, 0.05) is 21.9 Å². The summed E-state index contributed by atoms with van der Waals surface area (Å²) in [5, 5.41) is 3.15. The zero-order valence-electron chi connectivity index (χ0n) is 19.7. The predicted molar refractivity (Wildman–Crippen MR) is 149 cm³/mol. The third kappa shape index (κ3) is 2.89. The molecule has 1 aliphatic rings. The summed E-state index contributed by atoms with van der Waals surface area (Å²) in [7, 11) is 0. The monoisotopic (exact) mass is 469 g/mol. The SMILES string of the molecule is CC1(C)c2ccccc2-c2ccc(-c3ccc4c(c3)c3cccc(Cl)c3n4-c3ccccc3)cc21. The Kier molecular flexibility index (Phi) is 4.31. The maximum Gasteiger partial charge on any atom is 0.0727 e. The fraction of sp³-hybridized carbons (Fsp3) is 0.0909. The molecule has 0 amide bonds. The van der Waals surface area contributed by atoms with Gasteiger partial charge in [-0.3, -0.25) is 0 Å². The molecule has 0 saturated carbocycles. The van der Waals surface area contributed by atoms with E-state index < -0.39 is 0 Å². The average Bonchev–Trinajstić information content (AvgIpc) is 3.35. The molecule has 35 heavy (non-hydrogen) atoms. The molecule has 0 fully saturated rings. The lowest BCUT2D eigenvalue weighted by Crippen LogP contribution is -2.14. The van der Waals surface area contributed by atoms with Gasteiger partial charge in [-0.15, -0.1) is 0 Å². The first kappa shape index (κ1) is 20.6. The molecule has 0 radical (unpaired) electrons. The minimum Gasteiger partial charge on any atom is -0.308 e. The summed E-state index contributed by atoms with van der Waals surface area (Å²) in [5.74, 6) is 0. The van der Waals surface area contributed by atoms with E-state index in [2.05, 4.69) is 109 Å². The van der Waals surface area contributed by atoms with Crippen molar-refractivity contribution in [2.75, 3.05) is 0 Å². The minimum absolute atomic E-state index is 0.0110. The normalized spacial score (nSPS) is 13.8. The number of benzene rings is 5. The van der Waals surface area contributed by atoms with E-state index in [0.29, 0.717) is 0 Å². The van der Waals surface area contributed by atoms with Crippen LogP contribution in [0.5, 0.6) is 0 Å². The molecular weight excluding hydrogens is 446 g/mol. The predicted octanol–water partition coefficient (Wildman–Crippen LogP) is 9.41. The van der Waals surface area contributed by atoms with Gasteiger partial charge in [0.1, 0.15) is 0 Å². The highest BCUT2D eigenvalue weighted by atomic mass is 35.5. The van der Waals surface area contributed by atoms with Crippen LogP contribution in [0.1, 0.15) is 25.0 Å². The van der Waals surface area contributed by atoms with Crippen LogP contribution in [0.25, 0.3) is 49.7 Å². The summed E-state index contributed by atoms with van der Waals surface area (Å²) in [6, 6.07) is 39.2. The van der Waals surface area contributed by atoms with Crippen LogP contribution < -0.4 is 0 Å². The van der Waals surface area contributed by atoms with Gasteiger partial charge in [0.2, 0.25) is 0 Å². The average molecular weight is 470 g/mol. The number of rotatable bonds is 2. The Morgan fingerprint density at radius 3 is 2.17 bits per heavy atom. The van der Waals surface area contributed by atoms with Gasteiger partial charge in [-0.25, -0.2) is 0 Å². The summed E-state index contributed by atoms with van der Waals surface area (Å²) in [4.78, 5) is 0. The summed E-state index contributed by atoms with van der Waals surface area (Å²) >= 11 is 6.76. The second kappa shape index (κ2) is 7.34. The number of nitrogens with zero attached hydrogens (tertiary/aromatic N) is 1. The highest BCUT2D eigenvalue weighted by Gasteiger charge is 2.35. The van der Waals surface area contributed by atoms with Crippen LogP contribution in [-0.4, -0.2) is 4.57 Å². The number of fused-ring (bicyclic) bond motifs is 6. The van der Waals surface area contributed by atoms with Crippen LogP contribution in [0, 0.1) is 0 Å². The van der Waals surface area contributed by atoms with E-state index >= 15 is 0 Å². The Balaban J connectivity index is 1.45. The number of para-hydroxylation sites is 2. The molecule has 7 rings (SSSR count). The Labute approximate surface area is 210 Å². The van der Waals surface area contributed by atoms with Crippen molar-refractivity contribution in [1.82, 2.24) is 4.57 Å². The van der Waals surface area contributed by atoms with Crippen LogP contribution >= 0.6 is 11.6 Å². The molecule has 1 aromatic heterocycles. The van der Waals surface area contributed by atoms with Gasteiger partial charge in [0.15, 0.2) is 0 Å². The molecule has 6 aromatic rings. The van der Waals surface area contributed by atoms with E-state index in [0.717, 1.165) is 21.7 Å². The number of aromatic nitrogens is 1. The van der Waals surface area contributed by atoms with Gasteiger partial charge in [0.05, 0.1) is 16.1 Å². The Morgan fingerprint density at radius 2 is 1.31 bits per heavy atom. The Bertz CT molecular complexity index is 1770. The van der Waals surface area contributed by atoms with Gasteiger partial charge in [-0.1, -0.05) is 98.2 Å². The van der Waals surface area contributed by atoms with E-state index in [9.17, 15) is 0 Å². The van der Waals surface area contributed by atoms with Gasteiger partial charge >= 0.3 is 0 Å². The number of halogens is 1. The first-order valence-electron chi connectivity index (χ1n) is 12.1. The van der Waals surface area contributed by atoms with Crippen molar-refractivity contribution in [2.24, 2.45) is 0 Å². The first-order valence-corrected chi connectivity index (χ1v) is 12.4. The fourth-order valence-corrected chi connectivity index (χ4v) is 6.19. The van der Waals surface area contributed by atoms with E-state index in [-0.39, 0.29) is 5.41 Å². The summed E-state index contributed by atoms with van der Waals surface area (Å²) in [6.07, 6.45) is 0. The summed E-state index contributed by atoms with van der Waals surface area (Å²) < 4.78 is 2.28. The van der Waals surface area contributed by atoms with Crippen molar-refractivity contribution >= 4 is 33.4 Å². The molecule has 0 atom stereocenters. The van der Waals surface area contributed by atoms with Gasteiger partial charge < -0.3 is 4.57 Å². The molecule has 0 saturated heterocycles. The Morgan fingerprint density at radius 1 is 0.600 bits per heavy atom. The highest BCUT2D eigenvalue weighted by molar-refractivity contribution is 6.36. The lowest BCUT2D eigenvalue weighted by Gasteiger charge is -2.22. The molecule has 2 heteroatoms. The van der Waals surface area contributed by atoms with Crippen LogP contribution in [0.4, 0.5) is 0 Å². The number of hydrogen-bond donors (Lipinski definition) is 0. The smallest absolute Gasteiger partial charge is 0.0727 e. The zero-order valence-corrected chi connectivity index (χ0v) is 20.5. The van der Waals surface area contributed by atoms with E-state index in [1.165, 1.54) is 44.2 Å². The van der Waals surface area contributed by atoms with Crippen LogP contribution in [0.15, 0.2) is 109 Å². The van der Waals surface area contributed by atoms with Crippen molar-refractivity contribution in [1.29, 1.82) is 0 Å². The zero-order chi connectivity index (χ0) is 23.7. The van der Waals surface area contributed by atoms with Crippen molar-refractivity contribution in [3.05, 3.63) is 125 Å². The van der Waals surface area contributed by atoms with E-state index in [4.69, 9.17) is 11.6 Å². The molecule has 0 N–H and O–H groups in total. The molecule has 168 valence electrons. The second-order valence-corrected chi connectivity index (χ2v) is 10.4. The van der Waals surface area contributed by atoms with Gasteiger partial charge in [-0.2, -0.15) is 0 Å². The van der Waals surface area contributed by atoms with Crippen molar-refractivity contribution in [2.45, 2.75) is 19.3 Å². The Hall–Kier alpha value is -3.81. The van der Waals surface area contributed by atoms with E-state index in [1.54, 1.807) is 0 Å². The number of hydrogen-bond acceptors (Lipinski definition) is 0. The molecular formula is C33H24ClN. The maximum atomic E-state index is 6.76. The first-order chi connectivity index (χ1) is 17.0. The third-order valence-electron chi connectivity index (χ3n) is 7.67.